The fraction of sp³-hybridized carbons (Fsp3) is 0. The topological polar surface area (TPSA) is 43.6 Å². The van der Waals surface area contributed by atoms with Gasteiger partial charge >= 0.3 is 0 Å². The highest BCUT2D eigenvalue weighted by Gasteiger charge is 2.16. The molecular weight excluding hydrogens is 597 g/mol. The Hall–Kier alpha value is -6.65. The van der Waals surface area contributed by atoms with E-state index in [9.17, 15) is 0 Å². The summed E-state index contributed by atoms with van der Waals surface area (Å²) in [6, 6.07) is 56.0. The molecule has 0 spiro atoms. The van der Waals surface area contributed by atoms with Gasteiger partial charge < -0.3 is 0 Å². The third kappa shape index (κ3) is 4.42. The van der Waals surface area contributed by atoms with Crippen molar-refractivity contribution in [2.75, 3.05) is 0 Å². The van der Waals surface area contributed by atoms with E-state index in [1.807, 2.05) is 30.6 Å². The smallest absolute Gasteiger partial charge is 0.145 e. The van der Waals surface area contributed by atoms with Crippen molar-refractivity contribution in [2.24, 2.45) is 0 Å². The van der Waals surface area contributed by atoms with Crippen LogP contribution >= 0.6 is 0 Å². The number of fused-ring (bicyclic) bond motifs is 7. The van der Waals surface area contributed by atoms with Crippen molar-refractivity contribution in [1.82, 2.24) is 19.5 Å². The fourth-order valence-corrected chi connectivity index (χ4v) is 7.36. The van der Waals surface area contributed by atoms with Crippen LogP contribution in [-0.4, -0.2) is 19.5 Å². The van der Waals surface area contributed by atoms with Crippen LogP contribution in [0.2, 0.25) is 0 Å². The average molecular weight is 625 g/mol. The van der Waals surface area contributed by atoms with E-state index < -0.39 is 0 Å². The molecule has 0 radical (unpaired) electrons. The lowest BCUT2D eigenvalue weighted by Crippen LogP contribution is -1.94. The molecule has 0 atom stereocenters. The summed E-state index contributed by atoms with van der Waals surface area (Å²) in [6.45, 7) is 0. The zero-order valence-electron chi connectivity index (χ0n) is 26.5. The first-order valence-corrected chi connectivity index (χ1v) is 16.5. The Morgan fingerprint density at radius 1 is 0.408 bits per heavy atom. The number of benzene rings is 6. The van der Waals surface area contributed by atoms with Gasteiger partial charge in [0, 0.05) is 45.2 Å². The molecule has 0 fully saturated rings. The van der Waals surface area contributed by atoms with Gasteiger partial charge in [0.15, 0.2) is 0 Å². The molecule has 10 aromatic rings. The van der Waals surface area contributed by atoms with Crippen LogP contribution in [0.1, 0.15) is 0 Å². The summed E-state index contributed by atoms with van der Waals surface area (Å²) in [5.74, 6) is 0. The Labute approximate surface area is 282 Å². The molecule has 0 N–H and O–H groups in total. The highest BCUT2D eigenvalue weighted by Crippen LogP contribution is 2.39. The first-order chi connectivity index (χ1) is 24.3. The van der Waals surface area contributed by atoms with Crippen molar-refractivity contribution in [1.29, 1.82) is 0 Å². The minimum absolute atomic E-state index is 0.931. The molecule has 0 aliphatic rings. The second-order valence-electron chi connectivity index (χ2n) is 12.5. The van der Waals surface area contributed by atoms with Crippen molar-refractivity contribution >= 4 is 54.5 Å². The van der Waals surface area contributed by atoms with Crippen LogP contribution in [0, 0.1) is 0 Å². The van der Waals surface area contributed by atoms with E-state index in [-0.39, 0.29) is 0 Å². The lowest BCUT2D eigenvalue weighted by atomic mass is 9.91. The molecule has 4 aromatic heterocycles. The number of rotatable bonds is 4. The van der Waals surface area contributed by atoms with Gasteiger partial charge in [-0.25, -0.2) is 9.97 Å². The highest BCUT2D eigenvalue weighted by atomic mass is 15.0. The fourth-order valence-electron chi connectivity index (χ4n) is 7.36. The molecule has 0 saturated heterocycles. The monoisotopic (exact) mass is 624 g/mol. The predicted molar refractivity (Wildman–Crippen MR) is 203 cm³/mol. The van der Waals surface area contributed by atoms with E-state index in [4.69, 9.17) is 9.97 Å². The van der Waals surface area contributed by atoms with E-state index in [2.05, 4.69) is 149 Å². The first-order valence-electron chi connectivity index (χ1n) is 16.5. The van der Waals surface area contributed by atoms with E-state index in [0.717, 1.165) is 55.3 Å². The molecule has 10 rings (SSSR count). The van der Waals surface area contributed by atoms with Crippen LogP contribution in [0.5, 0.6) is 0 Å². The lowest BCUT2D eigenvalue weighted by Gasteiger charge is -2.13. The molecule has 0 bridgehead atoms. The SMILES string of the molecule is c1ccc(-n2c3ccc(-c4ccc(-c5ccc(-c6ccc7ccc8cccnc8c7n6)cc5)c5ccccc45)cc3c3cccnc32)cc1. The van der Waals surface area contributed by atoms with E-state index >= 15 is 0 Å². The summed E-state index contributed by atoms with van der Waals surface area (Å²) >= 11 is 0. The van der Waals surface area contributed by atoms with Gasteiger partial charge in [-0.05, 0) is 81.6 Å². The highest BCUT2D eigenvalue weighted by molar-refractivity contribution is 6.11. The van der Waals surface area contributed by atoms with Crippen LogP contribution < -0.4 is 0 Å². The predicted octanol–water partition coefficient (Wildman–Crippen LogP) is 11.4. The van der Waals surface area contributed by atoms with Gasteiger partial charge in [-0.3, -0.25) is 9.55 Å². The zero-order valence-corrected chi connectivity index (χ0v) is 26.5. The van der Waals surface area contributed by atoms with Crippen molar-refractivity contribution in [3.63, 3.8) is 0 Å². The Balaban J connectivity index is 1.06. The number of aromatic nitrogens is 4. The summed E-state index contributed by atoms with van der Waals surface area (Å²) in [4.78, 5) is 14.5. The summed E-state index contributed by atoms with van der Waals surface area (Å²) in [7, 11) is 0. The maximum absolute atomic E-state index is 5.06. The second-order valence-corrected chi connectivity index (χ2v) is 12.5. The number of nitrogens with zero attached hydrogens (tertiary/aromatic N) is 4. The normalized spacial score (nSPS) is 11.7. The Morgan fingerprint density at radius 3 is 1.86 bits per heavy atom. The average Bonchev–Trinajstić information content (AvgIpc) is 3.51. The first kappa shape index (κ1) is 27.5. The number of pyridine rings is 3. The standard InChI is InChI=1S/C45H28N4/c1-2-9-34(10-3-1)49-42-25-21-33(28-40(42)39-13-7-27-47-45(39)49)36-23-22-35(37-11-4-5-12-38(36)37)29-14-16-30(17-15-29)41-24-20-32-19-18-31-8-6-26-46-43(31)44(32)48-41/h1-28H. The van der Waals surface area contributed by atoms with E-state index in [1.165, 1.54) is 38.4 Å². The van der Waals surface area contributed by atoms with Gasteiger partial charge in [-0.1, -0.05) is 109 Å². The summed E-state index contributed by atoms with van der Waals surface area (Å²) < 4.78 is 2.26. The molecule has 0 unspecified atom stereocenters. The zero-order chi connectivity index (χ0) is 32.3. The molecule has 49 heavy (non-hydrogen) atoms. The summed E-state index contributed by atoms with van der Waals surface area (Å²) in [5.41, 5.74) is 11.9. The van der Waals surface area contributed by atoms with Crippen LogP contribution in [0.3, 0.4) is 0 Å². The van der Waals surface area contributed by atoms with Crippen LogP contribution in [0.25, 0.3) is 93.7 Å². The van der Waals surface area contributed by atoms with Crippen LogP contribution in [-0.2, 0) is 0 Å². The molecule has 6 aromatic carbocycles. The molecule has 0 aliphatic carbocycles. The number of hydrogen-bond donors (Lipinski definition) is 0. The molecular formula is C45H28N4. The molecule has 0 saturated carbocycles. The minimum Gasteiger partial charge on any atom is -0.294 e. The lowest BCUT2D eigenvalue weighted by molar-refractivity contribution is 1.14. The third-order valence-corrected chi connectivity index (χ3v) is 9.70. The van der Waals surface area contributed by atoms with Gasteiger partial charge in [-0.15, -0.1) is 0 Å². The molecule has 228 valence electrons. The maximum Gasteiger partial charge on any atom is 0.145 e. The van der Waals surface area contributed by atoms with Crippen LogP contribution in [0.15, 0.2) is 170 Å². The Morgan fingerprint density at radius 2 is 1.04 bits per heavy atom. The molecule has 4 heterocycles. The van der Waals surface area contributed by atoms with Crippen molar-refractivity contribution in [3.8, 4) is 39.2 Å². The summed E-state index contributed by atoms with van der Waals surface area (Å²) in [5, 5.41) is 6.98. The summed E-state index contributed by atoms with van der Waals surface area (Å²) in [6.07, 6.45) is 3.71. The van der Waals surface area contributed by atoms with E-state index in [0.29, 0.717) is 0 Å². The van der Waals surface area contributed by atoms with Crippen molar-refractivity contribution in [2.45, 2.75) is 0 Å². The molecule has 4 heteroatoms. The quantitative estimate of drug-likeness (QED) is 0.183. The molecule has 0 aliphatic heterocycles. The van der Waals surface area contributed by atoms with Crippen LogP contribution in [0.4, 0.5) is 0 Å². The largest absolute Gasteiger partial charge is 0.294 e. The molecule has 4 nitrogen and oxygen atoms in total. The van der Waals surface area contributed by atoms with Gasteiger partial charge in [0.1, 0.15) is 5.65 Å². The molecule has 0 amide bonds. The number of para-hydroxylation sites is 1. The van der Waals surface area contributed by atoms with Gasteiger partial charge in [0.2, 0.25) is 0 Å². The third-order valence-electron chi connectivity index (χ3n) is 9.70. The van der Waals surface area contributed by atoms with Gasteiger partial charge in [0.05, 0.1) is 22.2 Å². The van der Waals surface area contributed by atoms with E-state index in [1.54, 1.807) is 0 Å². The van der Waals surface area contributed by atoms with Crippen molar-refractivity contribution < 1.29 is 0 Å². The Bertz CT molecular complexity index is 2870. The minimum atomic E-state index is 0.931. The Kier molecular flexibility index (Phi) is 6.15. The maximum atomic E-state index is 5.06. The van der Waals surface area contributed by atoms with Gasteiger partial charge in [-0.2, -0.15) is 0 Å². The van der Waals surface area contributed by atoms with Crippen molar-refractivity contribution in [3.05, 3.63) is 170 Å². The number of hydrogen-bond acceptors (Lipinski definition) is 3. The second kappa shape index (κ2) is 11.0. The van der Waals surface area contributed by atoms with Gasteiger partial charge in [0.25, 0.3) is 0 Å².